The maximum absolute atomic E-state index is 13.7. The maximum atomic E-state index is 13.7. The van der Waals surface area contributed by atoms with Crippen molar-refractivity contribution in [3.63, 3.8) is 0 Å². The van der Waals surface area contributed by atoms with Crippen LogP contribution in [0.2, 0.25) is 0 Å². The number of carbonyl (C=O) groups is 3. The van der Waals surface area contributed by atoms with Gasteiger partial charge in [-0.1, -0.05) is 24.3 Å². The molecule has 2 aromatic carbocycles. The maximum Gasteiger partial charge on any atom is 0.329 e. The van der Waals surface area contributed by atoms with Crippen LogP contribution in [-0.4, -0.2) is 34.2 Å². The van der Waals surface area contributed by atoms with Gasteiger partial charge in [0.2, 0.25) is 5.91 Å². The molecule has 0 aliphatic carbocycles. The van der Waals surface area contributed by atoms with Gasteiger partial charge in [0.15, 0.2) is 0 Å². The first-order valence-electron chi connectivity index (χ1n) is 9.55. The van der Waals surface area contributed by atoms with E-state index >= 15 is 0 Å². The van der Waals surface area contributed by atoms with E-state index in [0.29, 0.717) is 16.2 Å². The second kappa shape index (κ2) is 8.75. The second-order valence-corrected chi connectivity index (χ2v) is 6.92. The molecule has 1 saturated heterocycles. The molecule has 166 valence electrons. The van der Waals surface area contributed by atoms with Gasteiger partial charge in [0.1, 0.15) is 29.6 Å². The summed E-state index contributed by atoms with van der Waals surface area (Å²) < 4.78 is 19.3. The van der Waals surface area contributed by atoms with Crippen molar-refractivity contribution in [1.29, 1.82) is 0 Å². The number of halogens is 1. The lowest BCUT2D eigenvalue weighted by atomic mass is 10.1. The summed E-state index contributed by atoms with van der Waals surface area (Å²) in [6.07, 6.45) is 1.27. The van der Waals surface area contributed by atoms with Crippen LogP contribution in [0, 0.1) is 15.9 Å². The van der Waals surface area contributed by atoms with Gasteiger partial charge >= 0.3 is 6.03 Å². The Labute approximate surface area is 185 Å². The molecular formula is C22H15FN4O6. The van der Waals surface area contributed by atoms with E-state index in [9.17, 15) is 28.9 Å². The lowest BCUT2D eigenvalue weighted by Crippen LogP contribution is -2.38. The third kappa shape index (κ3) is 4.61. The fourth-order valence-electron chi connectivity index (χ4n) is 3.11. The molecule has 4 rings (SSSR count). The lowest BCUT2D eigenvalue weighted by Gasteiger charge is -2.12. The lowest BCUT2D eigenvalue weighted by molar-refractivity contribution is -0.384. The zero-order valence-corrected chi connectivity index (χ0v) is 16.8. The third-order valence-corrected chi connectivity index (χ3v) is 4.67. The molecular weight excluding hydrogens is 435 g/mol. The topological polar surface area (TPSA) is 135 Å². The summed E-state index contributed by atoms with van der Waals surface area (Å²) in [5.41, 5.74) is 0.154. The van der Waals surface area contributed by atoms with Crippen LogP contribution in [0.1, 0.15) is 5.76 Å². The van der Waals surface area contributed by atoms with Gasteiger partial charge in [0.25, 0.3) is 11.6 Å². The predicted octanol–water partition coefficient (Wildman–Crippen LogP) is 3.53. The summed E-state index contributed by atoms with van der Waals surface area (Å²) in [6, 6.07) is 13.6. The number of benzene rings is 2. The summed E-state index contributed by atoms with van der Waals surface area (Å²) in [6.45, 7) is -0.618. The van der Waals surface area contributed by atoms with Gasteiger partial charge in [0, 0.05) is 23.8 Å². The molecule has 0 saturated carbocycles. The van der Waals surface area contributed by atoms with Crippen molar-refractivity contribution < 1.29 is 28.1 Å². The Morgan fingerprint density at radius 2 is 1.94 bits per heavy atom. The fraction of sp³-hybridized carbons (Fsp3) is 0.0455. The van der Waals surface area contributed by atoms with E-state index in [1.54, 1.807) is 12.1 Å². The van der Waals surface area contributed by atoms with Gasteiger partial charge in [-0.15, -0.1) is 0 Å². The number of nitrogens with zero attached hydrogens (tertiary/aromatic N) is 2. The Balaban J connectivity index is 1.47. The molecule has 33 heavy (non-hydrogen) atoms. The average Bonchev–Trinajstić information content (AvgIpc) is 3.36. The summed E-state index contributed by atoms with van der Waals surface area (Å²) >= 11 is 0. The largest absolute Gasteiger partial charge is 0.457 e. The number of rotatable bonds is 6. The van der Waals surface area contributed by atoms with Gasteiger partial charge in [-0.2, -0.15) is 0 Å². The number of imide groups is 1. The van der Waals surface area contributed by atoms with Crippen LogP contribution in [0.4, 0.5) is 20.6 Å². The minimum absolute atomic E-state index is 0.0745. The molecule has 1 aromatic heterocycles. The smallest absolute Gasteiger partial charge is 0.329 e. The minimum Gasteiger partial charge on any atom is -0.457 e. The molecule has 3 aromatic rings. The first-order chi connectivity index (χ1) is 15.8. The van der Waals surface area contributed by atoms with Crippen molar-refractivity contribution in [3.8, 4) is 11.3 Å². The van der Waals surface area contributed by atoms with Gasteiger partial charge in [-0.05, 0) is 24.3 Å². The van der Waals surface area contributed by atoms with E-state index in [-0.39, 0.29) is 22.8 Å². The van der Waals surface area contributed by atoms with Crippen molar-refractivity contribution in [2.24, 2.45) is 0 Å². The molecule has 0 atom stereocenters. The third-order valence-electron chi connectivity index (χ3n) is 4.67. The Hall–Kier alpha value is -4.80. The molecule has 1 aliphatic heterocycles. The number of nitro benzene ring substituents is 1. The average molecular weight is 450 g/mol. The molecule has 1 aliphatic rings. The Kier molecular flexibility index (Phi) is 5.68. The zero-order chi connectivity index (χ0) is 23.5. The van der Waals surface area contributed by atoms with Crippen LogP contribution in [0.3, 0.4) is 0 Å². The highest BCUT2D eigenvalue weighted by molar-refractivity contribution is 6.15. The molecule has 2 N–H and O–H groups in total. The van der Waals surface area contributed by atoms with Crippen molar-refractivity contribution >= 4 is 35.3 Å². The van der Waals surface area contributed by atoms with Gasteiger partial charge in [-0.3, -0.25) is 19.7 Å². The van der Waals surface area contributed by atoms with Crippen molar-refractivity contribution in [1.82, 2.24) is 10.2 Å². The van der Waals surface area contributed by atoms with E-state index in [1.165, 1.54) is 48.5 Å². The number of furan rings is 1. The zero-order valence-electron chi connectivity index (χ0n) is 16.8. The summed E-state index contributed by atoms with van der Waals surface area (Å²) in [5.74, 6) is -1.64. The molecule has 4 amide bonds. The Morgan fingerprint density at radius 1 is 1.15 bits per heavy atom. The predicted molar refractivity (Wildman–Crippen MR) is 114 cm³/mol. The van der Waals surface area contributed by atoms with Crippen molar-refractivity contribution in [2.45, 2.75) is 0 Å². The SMILES string of the molecule is O=C(CN1C(=O)N/C(=C/c2ccc(-c3cccc([N+](=O)[O-])c3)o2)C1=O)Nc1ccccc1F. The number of nitro groups is 1. The summed E-state index contributed by atoms with van der Waals surface area (Å²) in [5, 5.41) is 15.6. The van der Waals surface area contributed by atoms with E-state index in [0.717, 1.165) is 6.07 Å². The quantitative estimate of drug-likeness (QED) is 0.255. The number of non-ortho nitro benzene ring substituents is 1. The summed E-state index contributed by atoms with van der Waals surface area (Å²) in [7, 11) is 0. The highest BCUT2D eigenvalue weighted by atomic mass is 19.1. The highest BCUT2D eigenvalue weighted by Crippen LogP contribution is 2.27. The molecule has 1 fully saturated rings. The molecule has 0 spiro atoms. The van der Waals surface area contributed by atoms with E-state index < -0.39 is 35.1 Å². The van der Waals surface area contributed by atoms with Crippen LogP contribution >= 0.6 is 0 Å². The number of urea groups is 1. The molecule has 10 nitrogen and oxygen atoms in total. The van der Waals surface area contributed by atoms with E-state index in [1.807, 2.05) is 0 Å². The second-order valence-electron chi connectivity index (χ2n) is 6.92. The normalized spacial score (nSPS) is 14.5. The molecule has 0 unspecified atom stereocenters. The fourth-order valence-corrected chi connectivity index (χ4v) is 3.11. The molecule has 0 radical (unpaired) electrons. The standard InChI is InChI=1S/C22H15FN4O6/c23-16-6-1-2-7-17(16)24-20(28)12-26-21(29)18(25-22(26)30)11-15-8-9-19(33-15)13-4-3-5-14(10-13)27(31)32/h1-11H,12H2,(H,24,28)(H,25,30)/b18-11+. The number of nitrogens with one attached hydrogen (secondary N) is 2. The molecule has 0 bridgehead atoms. The number of hydrogen-bond donors (Lipinski definition) is 2. The monoisotopic (exact) mass is 450 g/mol. The van der Waals surface area contributed by atoms with Crippen LogP contribution in [0.5, 0.6) is 0 Å². The van der Waals surface area contributed by atoms with Crippen LogP contribution in [0.15, 0.2) is 70.8 Å². The van der Waals surface area contributed by atoms with Gasteiger partial charge in [0.05, 0.1) is 10.6 Å². The Bertz CT molecular complexity index is 1320. The molecule has 11 heteroatoms. The van der Waals surface area contributed by atoms with Crippen LogP contribution in [0.25, 0.3) is 17.4 Å². The number of hydrogen-bond acceptors (Lipinski definition) is 6. The number of carbonyl (C=O) groups excluding carboxylic acids is 3. The van der Waals surface area contributed by atoms with Gasteiger partial charge in [-0.25, -0.2) is 14.1 Å². The number of anilines is 1. The summed E-state index contributed by atoms with van der Waals surface area (Å²) in [4.78, 5) is 48.0. The molecule has 2 heterocycles. The Morgan fingerprint density at radius 3 is 2.70 bits per heavy atom. The number of amides is 4. The van der Waals surface area contributed by atoms with E-state index in [2.05, 4.69) is 10.6 Å². The van der Waals surface area contributed by atoms with Crippen molar-refractivity contribution in [3.05, 3.63) is 88.1 Å². The van der Waals surface area contributed by atoms with Gasteiger partial charge < -0.3 is 15.1 Å². The first kappa shape index (κ1) is 21.4. The van der Waals surface area contributed by atoms with E-state index in [4.69, 9.17) is 4.42 Å². The highest BCUT2D eigenvalue weighted by Gasteiger charge is 2.35. The first-order valence-corrected chi connectivity index (χ1v) is 9.55. The van der Waals surface area contributed by atoms with Crippen LogP contribution < -0.4 is 10.6 Å². The van der Waals surface area contributed by atoms with Crippen LogP contribution in [-0.2, 0) is 9.59 Å². The minimum atomic E-state index is -0.819. The van der Waals surface area contributed by atoms with Crippen molar-refractivity contribution in [2.75, 3.05) is 11.9 Å². The number of para-hydroxylation sites is 1.